The fraction of sp³-hybridized carbons (Fsp3) is 0.375. The topological polar surface area (TPSA) is 132 Å². The first-order valence-corrected chi connectivity index (χ1v) is 6.39. The molecule has 92 valence electrons. The van der Waals surface area contributed by atoms with E-state index in [1.165, 1.54) is 17.2 Å². The van der Waals surface area contributed by atoms with Gasteiger partial charge in [-0.05, 0) is 6.07 Å². The average molecular weight is 257 g/mol. The molecule has 0 aliphatic carbocycles. The molecule has 2 rings (SSSR count). The van der Waals surface area contributed by atoms with Crippen LogP contribution in [0.1, 0.15) is 6.42 Å². The molecule has 0 bridgehead atoms. The molecule has 1 aliphatic rings. The van der Waals surface area contributed by atoms with Gasteiger partial charge in [0, 0.05) is 19.2 Å². The van der Waals surface area contributed by atoms with Crippen molar-refractivity contribution in [3.63, 3.8) is 0 Å². The van der Waals surface area contributed by atoms with Gasteiger partial charge in [0.25, 0.3) is 0 Å². The normalized spacial score (nSPS) is 20.9. The van der Waals surface area contributed by atoms with Gasteiger partial charge in [-0.15, -0.1) is 0 Å². The standard InChI is InChI=1S/C8H11N5O3S/c9-8-11-2-1-6(12-8)13-4-5(3-7(13)14)17(10,15)16/h1-2,5H,3-4H2,(H2,9,11,12)(H2,10,15,16). The number of nitrogen functional groups attached to an aromatic ring is 1. The molecule has 8 nitrogen and oxygen atoms in total. The van der Waals surface area contributed by atoms with Crippen LogP contribution in [0.15, 0.2) is 12.3 Å². The Morgan fingerprint density at radius 2 is 2.18 bits per heavy atom. The molecule has 1 aromatic heterocycles. The second-order valence-corrected chi connectivity index (χ2v) is 5.54. The van der Waals surface area contributed by atoms with Gasteiger partial charge in [0.05, 0.1) is 0 Å². The number of anilines is 2. The molecule has 0 aromatic carbocycles. The van der Waals surface area contributed by atoms with Crippen molar-refractivity contribution in [2.24, 2.45) is 5.14 Å². The highest BCUT2D eigenvalue weighted by Gasteiger charge is 2.37. The van der Waals surface area contributed by atoms with Gasteiger partial charge in [-0.1, -0.05) is 0 Å². The Morgan fingerprint density at radius 3 is 2.71 bits per heavy atom. The van der Waals surface area contributed by atoms with E-state index in [9.17, 15) is 13.2 Å². The molecule has 1 amide bonds. The predicted octanol–water partition coefficient (Wildman–Crippen LogP) is -1.55. The Hall–Kier alpha value is -1.74. The summed E-state index contributed by atoms with van der Waals surface area (Å²) in [6.45, 7) is -0.00583. The SMILES string of the molecule is Nc1nccc(N2CC(S(N)(=O)=O)CC2=O)n1. The van der Waals surface area contributed by atoms with Gasteiger partial charge < -0.3 is 5.73 Å². The quantitative estimate of drug-likeness (QED) is 0.659. The summed E-state index contributed by atoms with van der Waals surface area (Å²) < 4.78 is 22.3. The highest BCUT2D eigenvalue weighted by Crippen LogP contribution is 2.22. The minimum absolute atomic E-state index is 0.00583. The van der Waals surface area contributed by atoms with Gasteiger partial charge in [0.1, 0.15) is 11.1 Å². The van der Waals surface area contributed by atoms with E-state index < -0.39 is 15.3 Å². The van der Waals surface area contributed by atoms with Crippen molar-refractivity contribution in [1.82, 2.24) is 9.97 Å². The highest BCUT2D eigenvalue weighted by molar-refractivity contribution is 7.89. The van der Waals surface area contributed by atoms with E-state index in [1.54, 1.807) is 0 Å². The van der Waals surface area contributed by atoms with Gasteiger partial charge >= 0.3 is 0 Å². The van der Waals surface area contributed by atoms with Crippen LogP contribution in [0.2, 0.25) is 0 Å². The van der Waals surface area contributed by atoms with Crippen LogP contribution in [0.5, 0.6) is 0 Å². The Bertz CT molecular complexity index is 558. The third kappa shape index (κ3) is 2.34. The number of amides is 1. The van der Waals surface area contributed by atoms with E-state index in [1.807, 2.05) is 0 Å². The van der Waals surface area contributed by atoms with Crippen molar-refractivity contribution in [2.75, 3.05) is 17.2 Å². The molecule has 2 heterocycles. The number of hydrogen-bond donors (Lipinski definition) is 2. The van der Waals surface area contributed by atoms with Crippen LogP contribution in [-0.2, 0) is 14.8 Å². The summed E-state index contributed by atoms with van der Waals surface area (Å²) in [4.78, 5) is 20.4. The van der Waals surface area contributed by atoms with Gasteiger partial charge in [-0.2, -0.15) is 4.98 Å². The fourth-order valence-corrected chi connectivity index (χ4v) is 2.36. The lowest BCUT2D eigenvalue weighted by molar-refractivity contribution is -0.117. The Kier molecular flexibility index (Phi) is 2.71. The summed E-state index contributed by atoms with van der Waals surface area (Å²) in [5.41, 5.74) is 5.39. The van der Waals surface area contributed by atoms with E-state index in [-0.39, 0.29) is 30.6 Å². The molecule has 1 aromatic rings. The van der Waals surface area contributed by atoms with Crippen molar-refractivity contribution < 1.29 is 13.2 Å². The van der Waals surface area contributed by atoms with Gasteiger partial charge in [-0.3, -0.25) is 9.69 Å². The molecule has 1 unspecified atom stereocenters. The van der Waals surface area contributed by atoms with Crippen LogP contribution in [0.3, 0.4) is 0 Å². The monoisotopic (exact) mass is 257 g/mol. The minimum atomic E-state index is -3.72. The number of primary sulfonamides is 1. The Morgan fingerprint density at radius 1 is 1.47 bits per heavy atom. The maximum absolute atomic E-state index is 11.6. The van der Waals surface area contributed by atoms with E-state index in [2.05, 4.69) is 9.97 Å². The molecular formula is C8H11N5O3S. The van der Waals surface area contributed by atoms with E-state index >= 15 is 0 Å². The first-order chi connectivity index (χ1) is 7.88. The average Bonchev–Trinajstić information content (AvgIpc) is 2.60. The third-order valence-electron chi connectivity index (χ3n) is 2.49. The summed E-state index contributed by atoms with van der Waals surface area (Å²) >= 11 is 0. The van der Waals surface area contributed by atoms with E-state index in [0.29, 0.717) is 0 Å². The molecule has 1 fully saturated rings. The second-order valence-electron chi connectivity index (χ2n) is 3.69. The Balaban J connectivity index is 2.28. The number of nitrogens with zero attached hydrogens (tertiary/aromatic N) is 3. The highest BCUT2D eigenvalue weighted by atomic mass is 32.2. The van der Waals surface area contributed by atoms with Crippen molar-refractivity contribution in [3.05, 3.63) is 12.3 Å². The number of carbonyl (C=O) groups is 1. The lowest BCUT2D eigenvalue weighted by Gasteiger charge is -2.14. The van der Waals surface area contributed by atoms with Crippen molar-refractivity contribution in [2.45, 2.75) is 11.7 Å². The molecule has 9 heteroatoms. The molecule has 0 saturated carbocycles. The zero-order chi connectivity index (χ0) is 12.6. The zero-order valence-electron chi connectivity index (χ0n) is 8.78. The van der Waals surface area contributed by atoms with Crippen LogP contribution in [0, 0.1) is 0 Å². The Labute approximate surface area is 97.7 Å². The van der Waals surface area contributed by atoms with Gasteiger partial charge in [0.2, 0.25) is 21.9 Å². The summed E-state index contributed by atoms with van der Waals surface area (Å²) in [6, 6.07) is 1.49. The maximum Gasteiger partial charge on any atom is 0.229 e. The van der Waals surface area contributed by atoms with Crippen LogP contribution < -0.4 is 15.8 Å². The van der Waals surface area contributed by atoms with Crippen molar-refractivity contribution >= 4 is 27.7 Å². The molecular weight excluding hydrogens is 246 g/mol. The maximum atomic E-state index is 11.6. The van der Waals surface area contributed by atoms with E-state index in [4.69, 9.17) is 10.9 Å². The van der Waals surface area contributed by atoms with Crippen LogP contribution in [0.25, 0.3) is 0 Å². The van der Waals surface area contributed by atoms with Crippen molar-refractivity contribution in [1.29, 1.82) is 0 Å². The summed E-state index contributed by atoms with van der Waals surface area (Å²) in [5.74, 6) is -0.0369. The lowest BCUT2D eigenvalue weighted by atomic mass is 10.4. The minimum Gasteiger partial charge on any atom is -0.368 e. The molecule has 4 N–H and O–H groups in total. The molecule has 1 saturated heterocycles. The van der Waals surface area contributed by atoms with Crippen LogP contribution >= 0.6 is 0 Å². The third-order valence-corrected chi connectivity index (χ3v) is 3.74. The smallest absolute Gasteiger partial charge is 0.229 e. The predicted molar refractivity (Wildman–Crippen MR) is 60.3 cm³/mol. The summed E-state index contributed by atoms with van der Waals surface area (Å²) in [6.07, 6.45) is 1.26. The number of sulfonamides is 1. The molecule has 1 atom stereocenters. The number of carbonyl (C=O) groups excluding carboxylic acids is 1. The molecule has 0 spiro atoms. The largest absolute Gasteiger partial charge is 0.368 e. The summed E-state index contributed by atoms with van der Waals surface area (Å²) in [5, 5.41) is 4.11. The van der Waals surface area contributed by atoms with Gasteiger partial charge in [0.15, 0.2) is 0 Å². The first-order valence-electron chi connectivity index (χ1n) is 4.78. The van der Waals surface area contributed by atoms with Crippen LogP contribution in [-0.4, -0.2) is 36.1 Å². The number of aromatic nitrogens is 2. The second kappa shape index (κ2) is 3.93. The lowest BCUT2D eigenvalue weighted by Crippen LogP contribution is -2.32. The fourth-order valence-electron chi connectivity index (χ4n) is 1.63. The number of hydrogen-bond acceptors (Lipinski definition) is 6. The number of rotatable bonds is 2. The van der Waals surface area contributed by atoms with Crippen molar-refractivity contribution in [3.8, 4) is 0 Å². The molecule has 1 aliphatic heterocycles. The van der Waals surface area contributed by atoms with Gasteiger partial charge in [-0.25, -0.2) is 18.5 Å². The summed E-state index contributed by atoms with van der Waals surface area (Å²) in [7, 11) is -3.72. The molecule has 17 heavy (non-hydrogen) atoms. The van der Waals surface area contributed by atoms with E-state index in [0.717, 1.165) is 0 Å². The first kappa shape index (κ1) is 11.7. The zero-order valence-corrected chi connectivity index (χ0v) is 9.59. The molecule has 0 radical (unpaired) electrons. The van der Waals surface area contributed by atoms with Crippen LogP contribution in [0.4, 0.5) is 11.8 Å². The number of nitrogens with two attached hydrogens (primary N) is 2.